The maximum atomic E-state index is 12.2. The van der Waals surface area contributed by atoms with Crippen LogP contribution in [0.4, 0.5) is 5.69 Å². The van der Waals surface area contributed by atoms with Crippen molar-refractivity contribution in [2.75, 3.05) is 11.9 Å². The molecular weight excluding hydrogens is 304 g/mol. The molecule has 2 aliphatic rings. The van der Waals surface area contributed by atoms with Gasteiger partial charge in [-0.1, -0.05) is 25.5 Å². The number of fused-ring (bicyclic) bond motifs is 1. The van der Waals surface area contributed by atoms with Crippen LogP contribution in [0.1, 0.15) is 50.2 Å². The van der Waals surface area contributed by atoms with Gasteiger partial charge in [0.1, 0.15) is 0 Å². The SMILES string of the molecule is CC1(CO)CCCC1NC(=O)CCCc1ccc2c(c1)CC(=O)N2. The molecule has 2 amide bonds. The summed E-state index contributed by atoms with van der Waals surface area (Å²) in [6.45, 7) is 2.17. The highest BCUT2D eigenvalue weighted by Crippen LogP contribution is 2.37. The van der Waals surface area contributed by atoms with E-state index >= 15 is 0 Å². The largest absolute Gasteiger partial charge is 0.396 e. The molecule has 2 unspecified atom stereocenters. The molecule has 130 valence electrons. The highest BCUT2D eigenvalue weighted by molar-refractivity contribution is 5.99. The number of aliphatic hydroxyl groups is 1. The monoisotopic (exact) mass is 330 g/mol. The molecule has 24 heavy (non-hydrogen) atoms. The quantitative estimate of drug-likeness (QED) is 0.748. The van der Waals surface area contributed by atoms with Crippen molar-refractivity contribution in [3.8, 4) is 0 Å². The molecule has 1 aliphatic carbocycles. The van der Waals surface area contributed by atoms with Crippen LogP contribution in [0, 0.1) is 5.41 Å². The number of rotatable bonds is 6. The van der Waals surface area contributed by atoms with E-state index in [1.165, 1.54) is 5.56 Å². The molecule has 1 saturated carbocycles. The molecular formula is C19H26N2O3. The molecule has 1 aromatic carbocycles. The molecule has 1 aliphatic heterocycles. The predicted molar refractivity (Wildman–Crippen MR) is 92.7 cm³/mol. The Bertz CT molecular complexity index is 643. The lowest BCUT2D eigenvalue weighted by molar-refractivity contribution is -0.122. The first-order valence-corrected chi connectivity index (χ1v) is 8.82. The number of hydrogen-bond acceptors (Lipinski definition) is 3. The normalized spacial score (nSPS) is 25.4. The number of anilines is 1. The van der Waals surface area contributed by atoms with Crippen LogP contribution in [0.5, 0.6) is 0 Å². The number of nitrogens with one attached hydrogen (secondary N) is 2. The van der Waals surface area contributed by atoms with Crippen LogP contribution in [-0.2, 0) is 22.4 Å². The van der Waals surface area contributed by atoms with Gasteiger partial charge < -0.3 is 15.7 Å². The molecule has 1 heterocycles. The van der Waals surface area contributed by atoms with Crippen molar-refractivity contribution in [1.29, 1.82) is 0 Å². The smallest absolute Gasteiger partial charge is 0.228 e. The molecule has 3 N–H and O–H groups in total. The van der Waals surface area contributed by atoms with Gasteiger partial charge in [-0.3, -0.25) is 9.59 Å². The maximum Gasteiger partial charge on any atom is 0.228 e. The molecule has 0 radical (unpaired) electrons. The number of aliphatic hydroxyl groups excluding tert-OH is 1. The predicted octanol–water partition coefficient (Wildman–Crippen LogP) is 2.17. The third kappa shape index (κ3) is 3.61. The van der Waals surface area contributed by atoms with Crippen molar-refractivity contribution in [3.05, 3.63) is 29.3 Å². The summed E-state index contributed by atoms with van der Waals surface area (Å²) in [7, 11) is 0. The van der Waals surface area contributed by atoms with Crippen LogP contribution in [-0.4, -0.2) is 29.6 Å². The average Bonchev–Trinajstić information content (AvgIpc) is 3.09. The summed E-state index contributed by atoms with van der Waals surface area (Å²) in [5, 5.41) is 15.5. The molecule has 5 nitrogen and oxygen atoms in total. The summed E-state index contributed by atoms with van der Waals surface area (Å²) in [4.78, 5) is 23.6. The number of amides is 2. The fourth-order valence-corrected chi connectivity index (χ4v) is 3.83. The van der Waals surface area contributed by atoms with E-state index in [0.717, 1.165) is 43.4 Å². The molecule has 0 bridgehead atoms. The van der Waals surface area contributed by atoms with Gasteiger partial charge in [-0.05, 0) is 42.9 Å². The van der Waals surface area contributed by atoms with Crippen LogP contribution in [0.3, 0.4) is 0 Å². The summed E-state index contributed by atoms with van der Waals surface area (Å²) < 4.78 is 0. The van der Waals surface area contributed by atoms with Gasteiger partial charge in [0.25, 0.3) is 0 Å². The van der Waals surface area contributed by atoms with Gasteiger partial charge in [-0.2, -0.15) is 0 Å². The van der Waals surface area contributed by atoms with Crippen LogP contribution in [0.2, 0.25) is 0 Å². The number of benzene rings is 1. The lowest BCUT2D eigenvalue weighted by atomic mass is 9.85. The van der Waals surface area contributed by atoms with Crippen molar-refractivity contribution in [2.45, 2.75) is 57.9 Å². The molecule has 2 atom stereocenters. The van der Waals surface area contributed by atoms with E-state index in [9.17, 15) is 14.7 Å². The van der Waals surface area contributed by atoms with Gasteiger partial charge in [0.05, 0.1) is 13.0 Å². The Labute approximate surface area is 142 Å². The van der Waals surface area contributed by atoms with Gasteiger partial charge in [0.15, 0.2) is 0 Å². The minimum atomic E-state index is -0.171. The van der Waals surface area contributed by atoms with E-state index in [4.69, 9.17) is 0 Å². The summed E-state index contributed by atoms with van der Waals surface area (Å²) in [5.74, 6) is 0.115. The molecule has 0 spiro atoms. The van der Waals surface area contributed by atoms with E-state index in [1.807, 2.05) is 19.1 Å². The number of aryl methyl sites for hydroxylation is 1. The fourth-order valence-electron chi connectivity index (χ4n) is 3.83. The third-order valence-electron chi connectivity index (χ3n) is 5.44. The zero-order valence-corrected chi connectivity index (χ0v) is 14.2. The van der Waals surface area contributed by atoms with Crippen molar-refractivity contribution in [1.82, 2.24) is 5.32 Å². The van der Waals surface area contributed by atoms with Crippen LogP contribution >= 0.6 is 0 Å². The standard InChI is InChI=1S/C19H26N2O3/c1-19(12-22)9-3-5-16(19)21-17(23)6-2-4-13-7-8-15-14(10-13)11-18(24)20-15/h7-8,10,16,22H,2-6,9,11-12H2,1H3,(H,20,24)(H,21,23). The van der Waals surface area contributed by atoms with Gasteiger partial charge in [-0.15, -0.1) is 0 Å². The van der Waals surface area contributed by atoms with Crippen LogP contribution < -0.4 is 10.6 Å². The van der Waals surface area contributed by atoms with Crippen molar-refractivity contribution in [2.24, 2.45) is 5.41 Å². The first kappa shape index (κ1) is 17.0. The number of carbonyl (C=O) groups is 2. The highest BCUT2D eigenvalue weighted by Gasteiger charge is 2.38. The lowest BCUT2D eigenvalue weighted by Crippen LogP contribution is -2.44. The van der Waals surface area contributed by atoms with Crippen LogP contribution in [0.15, 0.2) is 18.2 Å². The number of carbonyl (C=O) groups excluding carboxylic acids is 2. The topological polar surface area (TPSA) is 78.4 Å². The Morgan fingerprint density at radius 3 is 3.08 bits per heavy atom. The van der Waals surface area contributed by atoms with E-state index < -0.39 is 0 Å². The second-order valence-electron chi connectivity index (χ2n) is 7.39. The Kier molecular flexibility index (Phi) is 4.90. The first-order chi connectivity index (χ1) is 11.5. The molecule has 5 heteroatoms. The van der Waals surface area contributed by atoms with E-state index in [-0.39, 0.29) is 29.9 Å². The molecule has 0 saturated heterocycles. The third-order valence-corrected chi connectivity index (χ3v) is 5.44. The number of hydrogen-bond donors (Lipinski definition) is 3. The second-order valence-corrected chi connectivity index (χ2v) is 7.39. The van der Waals surface area contributed by atoms with Crippen molar-refractivity contribution < 1.29 is 14.7 Å². The second kappa shape index (κ2) is 6.93. The molecule has 1 aromatic rings. The zero-order chi connectivity index (χ0) is 17.2. The Balaban J connectivity index is 1.46. The summed E-state index contributed by atoms with van der Waals surface area (Å²) >= 11 is 0. The van der Waals surface area contributed by atoms with Gasteiger partial charge in [0.2, 0.25) is 11.8 Å². The molecule has 1 fully saturated rings. The van der Waals surface area contributed by atoms with E-state index in [2.05, 4.69) is 16.7 Å². The minimum absolute atomic E-state index is 0.0463. The Morgan fingerprint density at radius 1 is 1.46 bits per heavy atom. The van der Waals surface area contributed by atoms with E-state index in [0.29, 0.717) is 12.8 Å². The Morgan fingerprint density at radius 2 is 2.29 bits per heavy atom. The summed E-state index contributed by atoms with van der Waals surface area (Å²) in [6, 6.07) is 6.11. The van der Waals surface area contributed by atoms with E-state index in [1.54, 1.807) is 0 Å². The Hall–Kier alpha value is -1.88. The summed E-state index contributed by atoms with van der Waals surface area (Å²) in [6.07, 6.45) is 5.54. The van der Waals surface area contributed by atoms with Crippen molar-refractivity contribution in [3.63, 3.8) is 0 Å². The van der Waals surface area contributed by atoms with Crippen molar-refractivity contribution >= 4 is 17.5 Å². The van der Waals surface area contributed by atoms with Gasteiger partial charge >= 0.3 is 0 Å². The molecule has 0 aromatic heterocycles. The fraction of sp³-hybridized carbons (Fsp3) is 0.579. The minimum Gasteiger partial charge on any atom is -0.396 e. The first-order valence-electron chi connectivity index (χ1n) is 8.82. The maximum absolute atomic E-state index is 12.2. The van der Waals surface area contributed by atoms with Crippen LogP contribution in [0.25, 0.3) is 0 Å². The van der Waals surface area contributed by atoms with Gasteiger partial charge in [-0.25, -0.2) is 0 Å². The lowest BCUT2D eigenvalue weighted by Gasteiger charge is -2.30. The highest BCUT2D eigenvalue weighted by atomic mass is 16.3. The van der Waals surface area contributed by atoms with Gasteiger partial charge in [0, 0.05) is 23.6 Å². The summed E-state index contributed by atoms with van der Waals surface area (Å²) in [5.41, 5.74) is 2.95. The zero-order valence-electron chi connectivity index (χ0n) is 14.2. The molecule has 3 rings (SSSR count). The average molecular weight is 330 g/mol.